The Labute approximate surface area is 204 Å². The highest BCUT2D eigenvalue weighted by molar-refractivity contribution is 7.17. The maximum Gasteiger partial charge on any atom is 0.238 e. The number of anilines is 2. The van der Waals surface area contributed by atoms with Crippen LogP contribution in [0, 0.1) is 20.8 Å². The van der Waals surface area contributed by atoms with Crippen molar-refractivity contribution in [3.05, 3.63) is 70.9 Å². The molecule has 1 aliphatic rings. The second-order valence-corrected chi connectivity index (χ2v) is 9.81. The van der Waals surface area contributed by atoms with Crippen LogP contribution in [0.1, 0.15) is 16.7 Å². The number of fused-ring (bicyclic) bond motifs is 1. The van der Waals surface area contributed by atoms with Gasteiger partial charge in [-0.2, -0.15) is 0 Å². The zero-order valence-corrected chi connectivity index (χ0v) is 20.7. The van der Waals surface area contributed by atoms with E-state index in [9.17, 15) is 4.79 Å². The first kappa shape index (κ1) is 22.5. The van der Waals surface area contributed by atoms with Gasteiger partial charge in [0.05, 0.1) is 11.9 Å². The van der Waals surface area contributed by atoms with Gasteiger partial charge in [-0.1, -0.05) is 42.0 Å². The molecule has 34 heavy (non-hydrogen) atoms. The Morgan fingerprint density at radius 2 is 1.76 bits per heavy atom. The largest absolute Gasteiger partial charge is 0.353 e. The zero-order valence-electron chi connectivity index (χ0n) is 19.8. The van der Waals surface area contributed by atoms with Crippen LogP contribution >= 0.6 is 11.3 Å². The van der Waals surface area contributed by atoms with Crippen LogP contribution in [-0.4, -0.2) is 53.5 Å². The standard InChI is InChI=1S/C27H29N5OS/c1-18-7-9-21(10-8-18)22-16-34-27-25(22)26(28-17-29-27)32-13-11-31(12-14-32)15-24(33)30-23-6-4-5-19(2)20(23)3/h4-10,16-17H,11-15H2,1-3H3,(H,30,33). The zero-order chi connectivity index (χ0) is 23.7. The molecule has 0 spiro atoms. The van der Waals surface area contributed by atoms with E-state index in [2.05, 4.69) is 74.6 Å². The fourth-order valence-corrected chi connectivity index (χ4v) is 5.35. The number of rotatable bonds is 5. The van der Waals surface area contributed by atoms with Crippen LogP contribution in [0.15, 0.2) is 54.2 Å². The second kappa shape index (κ2) is 9.52. The number of carbonyl (C=O) groups is 1. The molecule has 0 radical (unpaired) electrons. The van der Waals surface area contributed by atoms with Crippen molar-refractivity contribution in [3.8, 4) is 11.1 Å². The number of aryl methyl sites for hydroxylation is 2. The van der Waals surface area contributed by atoms with Gasteiger partial charge in [0.1, 0.15) is 17.0 Å². The van der Waals surface area contributed by atoms with Crippen LogP contribution in [0.5, 0.6) is 0 Å². The van der Waals surface area contributed by atoms with Gasteiger partial charge in [-0.25, -0.2) is 9.97 Å². The lowest BCUT2D eigenvalue weighted by molar-refractivity contribution is -0.117. The number of nitrogens with one attached hydrogen (secondary N) is 1. The van der Waals surface area contributed by atoms with Crippen LogP contribution in [0.2, 0.25) is 0 Å². The molecule has 1 saturated heterocycles. The van der Waals surface area contributed by atoms with Gasteiger partial charge in [0, 0.05) is 42.8 Å². The molecule has 4 aromatic rings. The molecule has 0 atom stereocenters. The number of hydrogen-bond donors (Lipinski definition) is 1. The number of amides is 1. The predicted molar refractivity (Wildman–Crippen MR) is 141 cm³/mol. The number of aromatic nitrogens is 2. The Morgan fingerprint density at radius 3 is 2.53 bits per heavy atom. The number of hydrogen-bond acceptors (Lipinski definition) is 6. The van der Waals surface area contributed by atoms with Crippen LogP contribution < -0.4 is 10.2 Å². The van der Waals surface area contributed by atoms with E-state index in [1.165, 1.54) is 22.3 Å². The van der Waals surface area contributed by atoms with Gasteiger partial charge in [0.15, 0.2) is 0 Å². The molecule has 2 aromatic carbocycles. The molecule has 5 rings (SSSR count). The van der Waals surface area contributed by atoms with Crippen molar-refractivity contribution in [2.24, 2.45) is 0 Å². The summed E-state index contributed by atoms with van der Waals surface area (Å²) < 4.78 is 0. The summed E-state index contributed by atoms with van der Waals surface area (Å²) in [4.78, 5) is 27.4. The van der Waals surface area contributed by atoms with Gasteiger partial charge < -0.3 is 10.2 Å². The van der Waals surface area contributed by atoms with E-state index in [0.717, 1.165) is 53.5 Å². The molecule has 1 aliphatic heterocycles. The first-order valence-electron chi connectivity index (χ1n) is 11.6. The summed E-state index contributed by atoms with van der Waals surface area (Å²) in [5.74, 6) is 1.02. The van der Waals surface area contributed by atoms with Gasteiger partial charge in [-0.3, -0.25) is 9.69 Å². The highest BCUT2D eigenvalue weighted by Crippen LogP contribution is 2.38. The number of piperazine rings is 1. The average Bonchev–Trinajstić information content (AvgIpc) is 3.27. The molecule has 0 unspecified atom stereocenters. The normalized spacial score (nSPS) is 14.5. The van der Waals surface area contributed by atoms with Crippen LogP contribution in [0.25, 0.3) is 21.3 Å². The maximum atomic E-state index is 12.7. The molecule has 1 amide bonds. The maximum absolute atomic E-state index is 12.7. The highest BCUT2D eigenvalue weighted by Gasteiger charge is 2.23. The number of thiophene rings is 1. The smallest absolute Gasteiger partial charge is 0.238 e. The van der Waals surface area contributed by atoms with Gasteiger partial charge in [0.2, 0.25) is 5.91 Å². The fraction of sp³-hybridized carbons (Fsp3) is 0.296. The number of benzene rings is 2. The van der Waals surface area contributed by atoms with Gasteiger partial charge >= 0.3 is 0 Å². The minimum atomic E-state index is 0.0334. The Kier molecular flexibility index (Phi) is 6.30. The summed E-state index contributed by atoms with van der Waals surface area (Å²) in [6, 6.07) is 14.6. The van der Waals surface area contributed by atoms with Crippen molar-refractivity contribution in [1.82, 2.24) is 14.9 Å². The molecule has 2 aromatic heterocycles. The molecular formula is C27H29N5OS. The van der Waals surface area contributed by atoms with E-state index in [1.807, 2.05) is 19.1 Å². The SMILES string of the molecule is Cc1ccc(-c2csc3ncnc(N4CCN(CC(=O)Nc5cccc(C)c5C)CC4)c23)cc1. The van der Waals surface area contributed by atoms with Crippen molar-refractivity contribution in [1.29, 1.82) is 0 Å². The molecule has 6 nitrogen and oxygen atoms in total. The lowest BCUT2D eigenvalue weighted by Gasteiger charge is -2.35. The van der Waals surface area contributed by atoms with Crippen LogP contribution in [-0.2, 0) is 4.79 Å². The van der Waals surface area contributed by atoms with Gasteiger partial charge in [0.25, 0.3) is 0 Å². The third-order valence-electron chi connectivity index (χ3n) is 6.63. The predicted octanol–water partition coefficient (Wildman–Crippen LogP) is 5.04. The van der Waals surface area contributed by atoms with E-state index in [4.69, 9.17) is 0 Å². The first-order valence-corrected chi connectivity index (χ1v) is 12.5. The van der Waals surface area contributed by atoms with E-state index in [1.54, 1.807) is 17.7 Å². The van der Waals surface area contributed by atoms with Gasteiger partial charge in [-0.15, -0.1) is 11.3 Å². The second-order valence-electron chi connectivity index (χ2n) is 8.95. The van der Waals surface area contributed by atoms with Crippen molar-refractivity contribution < 1.29 is 4.79 Å². The molecule has 0 saturated carbocycles. The molecule has 1 fully saturated rings. The molecule has 1 N–H and O–H groups in total. The summed E-state index contributed by atoms with van der Waals surface area (Å²) in [6.45, 7) is 9.89. The Morgan fingerprint density at radius 1 is 1.00 bits per heavy atom. The number of nitrogens with zero attached hydrogens (tertiary/aromatic N) is 4. The molecule has 0 aliphatic carbocycles. The van der Waals surface area contributed by atoms with Crippen LogP contribution in [0.3, 0.4) is 0 Å². The molecule has 0 bridgehead atoms. The van der Waals surface area contributed by atoms with E-state index in [-0.39, 0.29) is 5.91 Å². The third-order valence-corrected chi connectivity index (χ3v) is 7.52. The summed E-state index contributed by atoms with van der Waals surface area (Å²) in [5, 5.41) is 6.38. The lowest BCUT2D eigenvalue weighted by atomic mass is 10.0. The number of carbonyl (C=O) groups excluding carboxylic acids is 1. The summed E-state index contributed by atoms with van der Waals surface area (Å²) in [6.07, 6.45) is 1.66. The Bertz CT molecular complexity index is 1320. The Hall–Kier alpha value is -3.29. The highest BCUT2D eigenvalue weighted by atomic mass is 32.1. The molecule has 7 heteroatoms. The van der Waals surface area contributed by atoms with E-state index in [0.29, 0.717) is 6.54 Å². The Balaban J connectivity index is 1.28. The molecule has 174 valence electrons. The van der Waals surface area contributed by atoms with E-state index >= 15 is 0 Å². The monoisotopic (exact) mass is 471 g/mol. The summed E-state index contributed by atoms with van der Waals surface area (Å²) in [7, 11) is 0. The van der Waals surface area contributed by atoms with Crippen LogP contribution in [0.4, 0.5) is 11.5 Å². The van der Waals surface area contributed by atoms with Crippen molar-refractivity contribution in [3.63, 3.8) is 0 Å². The molecular weight excluding hydrogens is 442 g/mol. The minimum Gasteiger partial charge on any atom is -0.353 e. The summed E-state index contributed by atoms with van der Waals surface area (Å²) >= 11 is 1.66. The van der Waals surface area contributed by atoms with Crippen molar-refractivity contribution >= 4 is 39.0 Å². The first-order chi connectivity index (χ1) is 16.5. The average molecular weight is 472 g/mol. The molecule has 3 heterocycles. The lowest BCUT2D eigenvalue weighted by Crippen LogP contribution is -2.49. The third kappa shape index (κ3) is 4.54. The van der Waals surface area contributed by atoms with Gasteiger partial charge in [-0.05, 0) is 43.5 Å². The quantitative estimate of drug-likeness (QED) is 0.442. The fourth-order valence-electron chi connectivity index (χ4n) is 4.44. The van der Waals surface area contributed by atoms with E-state index < -0.39 is 0 Å². The summed E-state index contributed by atoms with van der Waals surface area (Å²) in [5.41, 5.74) is 6.82. The minimum absolute atomic E-state index is 0.0334. The van der Waals surface area contributed by atoms with Crippen molar-refractivity contribution in [2.45, 2.75) is 20.8 Å². The van der Waals surface area contributed by atoms with Crippen molar-refractivity contribution in [2.75, 3.05) is 42.9 Å². The topological polar surface area (TPSA) is 61.4 Å².